The largest absolute Gasteiger partial charge is 0.351 e. The summed E-state index contributed by atoms with van der Waals surface area (Å²) in [7, 11) is 0. The zero-order valence-electron chi connectivity index (χ0n) is 12.3. The van der Waals surface area contributed by atoms with Crippen LogP contribution in [0, 0.1) is 19.3 Å². The second-order valence-electron chi connectivity index (χ2n) is 5.42. The van der Waals surface area contributed by atoms with Crippen LogP contribution in [0.2, 0.25) is 0 Å². The van der Waals surface area contributed by atoms with Crippen LogP contribution in [0.4, 0.5) is 10.6 Å². The zero-order chi connectivity index (χ0) is 15.6. The number of nitrogens with one attached hydrogen (secondary N) is 1. The Kier molecular flexibility index (Phi) is 3.72. The molecule has 108 valence electrons. The molecule has 0 spiro atoms. The summed E-state index contributed by atoms with van der Waals surface area (Å²) in [4.78, 5) is 11.2. The van der Waals surface area contributed by atoms with E-state index in [1.807, 2.05) is 45.0 Å². The Balaban J connectivity index is 2.55. The van der Waals surface area contributed by atoms with E-state index < -0.39 is 11.4 Å². The van der Waals surface area contributed by atoms with Crippen molar-refractivity contribution in [2.45, 2.75) is 26.2 Å². The molecule has 0 radical (unpaired) electrons. The molecule has 0 fully saturated rings. The highest BCUT2D eigenvalue weighted by Gasteiger charge is 2.23. The number of carbonyl (C=O) groups is 1. The van der Waals surface area contributed by atoms with E-state index in [-0.39, 0.29) is 0 Å². The van der Waals surface area contributed by atoms with E-state index in [0.717, 1.165) is 11.3 Å². The van der Waals surface area contributed by atoms with Crippen molar-refractivity contribution in [1.82, 2.24) is 9.78 Å². The molecule has 0 saturated heterocycles. The Labute approximate surface area is 124 Å². The molecule has 1 heterocycles. The van der Waals surface area contributed by atoms with Gasteiger partial charge in [-0.25, -0.2) is 9.48 Å². The Morgan fingerprint density at radius 3 is 2.52 bits per heavy atom. The number of benzene rings is 1. The fraction of sp³-hybridized carbons (Fsp3) is 0.250. The highest BCUT2D eigenvalue weighted by Crippen LogP contribution is 2.26. The number of terminal acetylenes is 1. The summed E-state index contributed by atoms with van der Waals surface area (Å²) in [5.74, 6) is 3.18. The zero-order valence-corrected chi connectivity index (χ0v) is 12.3. The number of nitrogens with two attached hydrogens (primary N) is 1. The topological polar surface area (TPSA) is 72.9 Å². The molecule has 0 unspecified atom stereocenters. The number of aryl methyl sites for hydroxylation is 1. The van der Waals surface area contributed by atoms with Crippen molar-refractivity contribution in [3.05, 3.63) is 41.6 Å². The number of aromatic nitrogens is 2. The van der Waals surface area contributed by atoms with Crippen LogP contribution in [0.5, 0.6) is 0 Å². The maximum Gasteiger partial charge on any atom is 0.317 e. The molecular weight excluding hydrogens is 264 g/mol. The normalized spacial score (nSPS) is 11.0. The lowest BCUT2D eigenvalue weighted by Gasteiger charge is -2.13. The van der Waals surface area contributed by atoms with Gasteiger partial charge in [-0.3, -0.25) is 5.32 Å². The number of anilines is 1. The molecule has 3 N–H and O–H groups in total. The third-order valence-electron chi connectivity index (χ3n) is 3.24. The van der Waals surface area contributed by atoms with Crippen LogP contribution in [0.1, 0.15) is 25.1 Å². The maximum atomic E-state index is 11.2. The van der Waals surface area contributed by atoms with Gasteiger partial charge in [-0.15, -0.1) is 6.42 Å². The van der Waals surface area contributed by atoms with E-state index in [2.05, 4.69) is 16.3 Å². The van der Waals surface area contributed by atoms with Gasteiger partial charge in [-0.2, -0.15) is 5.10 Å². The van der Waals surface area contributed by atoms with E-state index in [9.17, 15) is 4.79 Å². The molecule has 2 aromatic rings. The SMILES string of the molecule is C#CC(C)(C)c1cc(NC(N)=O)n(-c2ccc(C)cc2)n1. The molecular formula is C16H18N4O. The minimum absolute atomic E-state index is 0.490. The Morgan fingerprint density at radius 1 is 1.38 bits per heavy atom. The van der Waals surface area contributed by atoms with E-state index in [4.69, 9.17) is 12.2 Å². The van der Waals surface area contributed by atoms with Crippen LogP contribution in [-0.2, 0) is 5.41 Å². The molecule has 0 atom stereocenters. The standard InChI is InChI=1S/C16H18N4O/c1-5-16(3,4)13-10-14(18-15(17)21)20(19-13)12-8-6-11(2)7-9-12/h1,6-10H,2-4H3,(H3,17,18,21). The van der Waals surface area contributed by atoms with Gasteiger partial charge in [0.05, 0.1) is 16.8 Å². The predicted molar refractivity (Wildman–Crippen MR) is 83.4 cm³/mol. The van der Waals surface area contributed by atoms with Crippen LogP contribution in [0.25, 0.3) is 5.69 Å². The number of urea groups is 1. The highest BCUT2D eigenvalue weighted by molar-refractivity contribution is 5.87. The van der Waals surface area contributed by atoms with Crippen molar-refractivity contribution in [2.75, 3.05) is 5.32 Å². The monoisotopic (exact) mass is 282 g/mol. The van der Waals surface area contributed by atoms with Crippen molar-refractivity contribution >= 4 is 11.8 Å². The van der Waals surface area contributed by atoms with E-state index in [1.54, 1.807) is 10.7 Å². The van der Waals surface area contributed by atoms with E-state index in [1.165, 1.54) is 0 Å². The quantitative estimate of drug-likeness (QED) is 0.849. The molecule has 5 heteroatoms. The lowest BCUT2D eigenvalue weighted by Crippen LogP contribution is -2.21. The minimum atomic E-state index is -0.645. The second-order valence-corrected chi connectivity index (χ2v) is 5.42. The van der Waals surface area contributed by atoms with Crippen LogP contribution in [0.3, 0.4) is 0 Å². The van der Waals surface area contributed by atoms with Gasteiger partial charge in [0, 0.05) is 6.07 Å². The second kappa shape index (κ2) is 5.33. The molecule has 0 bridgehead atoms. The first-order valence-corrected chi connectivity index (χ1v) is 6.55. The van der Waals surface area contributed by atoms with Crippen LogP contribution < -0.4 is 11.1 Å². The first-order valence-electron chi connectivity index (χ1n) is 6.55. The predicted octanol–water partition coefficient (Wildman–Crippen LogP) is 2.58. The fourth-order valence-corrected chi connectivity index (χ4v) is 1.86. The van der Waals surface area contributed by atoms with Crippen LogP contribution in [0.15, 0.2) is 30.3 Å². The third kappa shape index (κ3) is 3.06. The first-order chi connectivity index (χ1) is 9.83. The van der Waals surface area contributed by atoms with Gasteiger partial charge >= 0.3 is 6.03 Å². The van der Waals surface area contributed by atoms with Gasteiger partial charge in [-0.1, -0.05) is 23.6 Å². The van der Waals surface area contributed by atoms with E-state index in [0.29, 0.717) is 11.5 Å². The van der Waals surface area contributed by atoms with E-state index >= 15 is 0 Å². The van der Waals surface area contributed by atoms with Gasteiger partial charge in [0.15, 0.2) is 0 Å². The van der Waals surface area contributed by atoms with Crippen LogP contribution in [-0.4, -0.2) is 15.8 Å². The highest BCUT2D eigenvalue weighted by atomic mass is 16.2. The summed E-state index contributed by atoms with van der Waals surface area (Å²) in [6.07, 6.45) is 5.55. The number of hydrogen-bond donors (Lipinski definition) is 2. The Morgan fingerprint density at radius 2 is 2.00 bits per heavy atom. The lowest BCUT2D eigenvalue weighted by molar-refractivity contribution is 0.259. The number of amides is 2. The van der Waals surface area contributed by atoms with Gasteiger partial charge in [0.2, 0.25) is 0 Å². The lowest BCUT2D eigenvalue weighted by atomic mass is 9.91. The Bertz CT molecular complexity index is 705. The van der Waals surface area contributed by atoms with Crippen molar-refractivity contribution in [3.8, 4) is 18.0 Å². The summed E-state index contributed by atoms with van der Waals surface area (Å²) in [5.41, 5.74) is 7.33. The molecule has 21 heavy (non-hydrogen) atoms. The molecule has 5 nitrogen and oxygen atoms in total. The summed E-state index contributed by atoms with van der Waals surface area (Å²) in [6.45, 7) is 5.79. The molecule has 1 aromatic carbocycles. The maximum absolute atomic E-state index is 11.2. The number of rotatable bonds is 3. The summed E-state index contributed by atoms with van der Waals surface area (Å²) < 4.78 is 1.62. The van der Waals surface area contributed by atoms with Gasteiger partial charge in [0.1, 0.15) is 5.82 Å². The molecule has 0 aliphatic heterocycles. The molecule has 0 aliphatic carbocycles. The fourth-order valence-electron chi connectivity index (χ4n) is 1.86. The minimum Gasteiger partial charge on any atom is -0.351 e. The van der Waals surface area contributed by atoms with Crippen molar-refractivity contribution < 1.29 is 4.79 Å². The smallest absolute Gasteiger partial charge is 0.317 e. The van der Waals surface area contributed by atoms with Gasteiger partial charge in [-0.05, 0) is 32.9 Å². The number of hydrogen-bond acceptors (Lipinski definition) is 2. The van der Waals surface area contributed by atoms with Gasteiger partial charge in [0.25, 0.3) is 0 Å². The summed E-state index contributed by atoms with van der Waals surface area (Å²) in [5, 5.41) is 7.08. The average molecular weight is 282 g/mol. The number of carbonyl (C=O) groups excluding carboxylic acids is 1. The number of nitrogens with zero attached hydrogens (tertiary/aromatic N) is 2. The van der Waals surface area contributed by atoms with Crippen molar-refractivity contribution in [3.63, 3.8) is 0 Å². The summed E-state index contributed by atoms with van der Waals surface area (Å²) in [6, 6.07) is 8.87. The average Bonchev–Trinajstić information content (AvgIpc) is 2.83. The Hall–Kier alpha value is -2.74. The molecule has 0 aliphatic rings. The van der Waals surface area contributed by atoms with Crippen molar-refractivity contribution in [2.24, 2.45) is 5.73 Å². The van der Waals surface area contributed by atoms with Crippen molar-refractivity contribution in [1.29, 1.82) is 0 Å². The molecule has 1 aromatic heterocycles. The first kappa shape index (κ1) is 14.7. The third-order valence-corrected chi connectivity index (χ3v) is 3.24. The molecule has 2 amide bonds. The van der Waals surface area contributed by atoms with Crippen LogP contribution >= 0.6 is 0 Å². The van der Waals surface area contributed by atoms with Gasteiger partial charge < -0.3 is 5.73 Å². The summed E-state index contributed by atoms with van der Waals surface area (Å²) >= 11 is 0. The molecule has 0 saturated carbocycles. The number of primary amides is 1. The molecule has 2 rings (SSSR count).